The average molecular weight is 233 g/mol. The summed E-state index contributed by atoms with van der Waals surface area (Å²) in [7, 11) is -4.20. The van der Waals surface area contributed by atoms with Gasteiger partial charge in [0.25, 0.3) is 5.69 Å². The van der Waals surface area contributed by atoms with Crippen LogP contribution < -0.4 is 4.74 Å². The number of nitro groups is 1. The molecule has 0 fully saturated rings. The first-order valence-corrected chi connectivity index (χ1v) is 5.32. The van der Waals surface area contributed by atoms with Gasteiger partial charge in [-0.1, -0.05) is 0 Å². The molecule has 15 heavy (non-hydrogen) atoms. The zero-order chi connectivity index (χ0) is 11.5. The topological polar surface area (TPSA) is 107 Å². The van der Waals surface area contributed by atoms with Crippen LogP contribution in [0.25, 0.3) is 0 Å². The summed E-state index contributed by atoms with van der Waals surface area (Å²) < 4.78 is 33.6. The van der Waals surface area contributed by atoms with E-state index in [1.807, 2.05) is 0 Å². The molecule has 8 heteroatoms. The molecule has 0 aliphatic heterocycles. The van der Waals surface area contributed by atoms with Gasteiger partial charge >= 0.3 is 10.1 Å². The Morgan fingerprint density at radius 2 is 1.87 bits per heavy atom. The highest BCUT2D eigenvalue weighted by Crippen LogP contribution is 2.17. The smallest absolute Gasteiger partial charge is 0.300 e. The molecule has 0 aliphatic rings. The molecule has 0 atom stereocenters. The van der Waals surface area contributed by atoms with Crippen LogP contribution in [-0.2, 0) is 10.1 Å². The lowest BCUT2D eigenvalue weighted by atomic mass is 10.3. The maximum atomic E-state index is 10.3. The van der Waals surface area contributed by atoms with Crippen molar-refractivity contribution in [1.29, 1.82) is 0 Å². The van der Waals surface area contributed by atoms with Crippen LogP contribution in [0, 0.1) is 10.1 Å². The van der Waals surface area contributed by atoms with Crippen molar-refractivity contribution in [2.45, 2.75) is 0 Å². The van der Waals surface area contributed by atoms with Crippen LogP contribution in [0.15, 0.2) is 24.3 Å². The summed E-state index contributed by atoms with van der Waals surface area (Å²) in [6.45, 7) is 0. The summed E-state index contributed by atoms with van der Waals surface area (Å²) >= 11 is 0. The molecule has 1 rings (SSSR count). The van der Waals surface area contributed by atoms with Crippen LogP contribution in [0.5, 0.6) is 5.75 Å². The van der Waals surface area contributed by atoms with Crippen molar-refractivity contribution in [3.8, 4) is 5.75 Å². The molecule has 0 spiro atoms. The van der Waals surface area contributed by atoms with E-state index in [1.165, 1.54) is 24.3 Å². The Labute approximate surface area is 85.2 Å². The number of hydrogen-bond donors (Lipinski definition) is 1. The highest BCUT2D eigenvalue weighted by Gasteiger charge is 2.07. The monoisotopic (exact) mass is 233 g/mol. The van der Waals surface area contributed by atoms with Crippen LogP contribution in [0.1, 0.15) is 0 Å². The summed E-state index contributed by atoms with van der Waals surface area (Å²) in [5.74, 6) is -0.761. The lowest BCUT2D eigenvalue weighted by Gasteiger charge is -2.02. The summed E-state index contributed by atoms with van der Waals surface area (Å²) in [5, 5.41) is 10.3. The molecule has 7 nitrogen and oxygen atoms in total. The fraction of sp³-hybridized carbons (Fsp3) is 0.143. The van der Waals surface area contributed by atoms with E-state index in [9.17, 15) is 18.5 Å². The second-order valence-corrected chi connectivity index (χ2v) is 3.99. The van der Waals surface area contributed by atoms with Crippen molar-refractivity contribution in [1.82, 2.24) is 0 Å². The average Bonchev–Trinajstić information content (AvgIpc) is 2.14. The van der Waals surface area contributed by atoms with E-state index in [0.717, 1.165) is 0 Å². The Bertz CT molecular complexity index is 451. The summed E-state index contributed by atoms with van der Waals surface area (Å²) in [6, 6.07) is 4.81. The van der Waals surface area contributed by atoms with E-state index in [-0.39, 0.29) is 11.4 Å². The van der Waals surface area contributed by atoms with Gasteiger partial charge in [-0.25, -0.2) is 0 Å². The van der Waals surface area contributed by atoms with Gasteiger partial charge in [0.15, 0.2) is 0 Å². The van der Waals surface area contributed by atoms with Crippen LogP contribution in [0.4, 0.5) is 5.69 Å². The molecule has 0 radical (unpaired) electrons. The van der Waals surface area contributed by atoms with Gasteiger partial charge in [-0.05, 0) is 12.1 Å². The van der Waals surface area contributed by atoms with Gasteiger partial charge in [-0.15, -0.1) is 0 Å². The Balaban J connectivity index is 2.69. The van der Waals surface area contributed by atoms with Gasteiger partial charge in [0.1, 0.15) is 5.75 Å². The van der Waals surface area contributed by atoms with Crippen molar-refractivity contribution in [3.05, 3.63) is 34.4 Å². The minimum Gasteiger partial charge on any atom is -0.475 e. The van der Waals surface area contributed by atoms with E-state index < -0.39 is 21.0 Å². The zero-order valence-corrected chi connectivity index (χ0v) is 8.18. The van der Waals surface area contributed by atoms with Gasteiger partial charge in [0, 0.05) is 12.1 Å². The van der Waals surface area contributed by atoms with Gasteiger partial charge in [0.05, 0.1) is 4.92 Å². The van der Waals surface area contributed by atoms with Crippen molar-refractivity contribution in [2.75, 3.05) is 5.94 Å². The number of hydrogen-bond acceptors (Lipinski definition) is 5. The first kappa shape index (κ1) is 11.4. The van der Waals surface area contributed by atoms with Gasteiger partial charge in [0.2, 0.25) is 5.94 Å². The molecule has 0 aromatic heterocycles. The third-order valence-electron chi connectivity index (χ3n) is 1.42. The molecule has 82 valence electrons. The minimum absolute atomic E-state index is 0.123. The number of nitro benzene ring substituents is 1. The van der Waals surface area contributed by atoms with E-state index in [2.05, 4.69) is 4.74 Å². The molecular weight excluding hydrogens is 226 g/mol. The quantitative estimate of drug-likeness (QED) is 0.468. The second-order valence-electron chi connectivity index (χ2n) is 2.60. The van der Waals surface area contributed by atoms with Crippen LogP contribution >= 0.6 is 0 Å². The first-order valence-electron chi connectivity index (χ1n) is 3.71. The second kappa shape index (κ2) is 4.24. The maximum absolute atomic E-state index is 10.3. The molecule has 0 saturated heterocycles. The Morgan fingerprint density at radius 3 is 2.27 bits per heavy atom. The lowest BCUT2D eigenvalue weighted by molar-refractivity contribution is -0.384. The number of nitrogens with zero attached hydrogens (tertiary/aromatic N) is 1. The van der Waals surface area contributed by atoms with Crippen molar-refractivity contribution >= 4 is 15.8 Å². The number of benzene rings is 1. The van der Waals surface area contributed by atoms with Gasteiger partial charge in [-0.3, -0.25) is 14.7 Å². The fourth-order valence-electron chi connectivity index (χ4n) is 0.807. The number of non-ortho nitro benzene ring substituents is 1. The fourth-order valence-corrected chi connectivity index (χ4v) is 1.09. The van der Waals surface area contributed by atoms with Gasteiger partial charge in [-0.2, -0.15) is 8.42 Å². The van der Waals surface area contributed by atoms with Crippen LogP contribution in [0.3, 0.4) is 0 Å². The SMILES string of the molecule is O=[N+]([O-])c1ccc(OCS(=O)(=O)O)cc1. The molecule has 0 aliphatic carbocycles. The molecular formula is C7H7NO6S. The zero-order valence-electron chi connectivity index (χ0n) is 7.36. The molecule has 0 amide bonds. The Morgan fingerprint density at radius 1 is 1.33 bits per heavy atom. The van der Waals surface area contributed by atoms with E-state index in [4.69, 9.17) is 4.55 Å². The third-order valence-corrected chi connectivity index (χ3v) is 1.84. The van der Waals surface area contributed by atoms with Crippen molar-refractivity contribution < 1.29 is 22.6 Å². The molecule has 1 aromatic rings. The minimum atomic E-state index is -4.20. The third kappa shape index (κ3) is 3.92. The number of rotatable bonds is 4. The Kier molecular flexibility index (Phi) is 3.22. The molecule has 0 unspecified atom stereocenters. The molecule has 0 heterocycles. The van der Waals surface area contributed by atoms with E-state index in [0.29, 0.717) is 0 Å². The first-order chi connectivity index (χ1) is 6.88. The van der Waals surface area contributed by atoms with E-state index >= 15 is 0 Å². The highest BCUT2D eigenvalue weighted by molar-refractivity contribution is 7.85. The molecule has 1 N–H and O–H groups in total. The summed E-state index contributed by atoms with van der Waals surface area (Å²) in [6.07, 6.45) is 0. The largest absolute Gasteiger partial charge is 0.475 e. The standard InChI is InChI=1S/C7H7NO6S/c9-8(10)6-1-3-7(4-2-6)14-5-15(11,12)13/h1-4H,5H2,(H,11,12,13). The molecule has 0 bridgehead atoms. The maximum Gasteiger partial charge on any atom is 0.300 e. The van der Waals surface area contributed by atoms with Crippen LogP contribution in [0.2, 0.25) is 0 Å². The number of ether oxygens (including phenoxy) is 1. The predicted octanol–water partition coefficient (Wildman–Crippen LogP) is 0.819. The summed E-state index contributed by atoms with van der Waals surface area (Å²) in [5.41, 5.74) is -0.130. The highest BCUT2D eigenvalue weighted by atomic mass is 32.2. The van der Waals surface area contributed by atoms with Gasteiger partial charge < -0.3 is 4.74 Å². The Hall–Kier alpha value is -1.67. The predicted molar refractivity (Wildman–Crippen MR) is 50.1 cm³/mol. The van der Waals surface area contributed by atoms with Crippen molar-refractivity contribution in [3.63, 3.8) is 0 Å². The van der Waals surface area contributed by atoms with Crippen LogP contribution in [-0.4, -0.2) is 23.8 Å². The molecule has 0 saturated carbocycles. The lowest BCUT2D eigenvalue weighted by Crippen LogP contribution is -2.10. The van der Waals surface area contributed by atoms with Crippen molar-refractivity contribution in [2.24, 2.45) is 0 Å². The normalized spacial score (nSPS) is 11.0. The van der Waals surface area contributed by atoms with E-state index in [1.54, 1.807) is 0 Å². The summed E-state index contributed by atoms with van der Waals surface area (Å²) in [4.78, 5) is 9.67. The molecule has 1 aromatic carbocycles.